The van der Waals surface area contributed by atoms with Crippen LogP contribution in [0.3, 0.4) is 0 Å². The van der Waals surface area contributed by atoms with E-state index in [1.54, 1.807) is 0 Å². The minimum absolute atomic E-state index is 0.0361. The number of fused-ring (bicyclic) bond motifs is 3. The molecule has 41 heavy (non-hydrogen) atoms. The van der Waals surface area contributed by atoms with Gasteiger partial charge >= 0.3 is 0 Å². The topological polar surface area (TPSA) is 40.5 Å². The molecule has 0 heterocycles. The lowest BCUT2D eigenvalue weighted by Crippen LogP contribution is -2.53. The number of aliphatic hydroxyl groups is 2. The fourth-order valence-corrected chi connectivity index (χ4v) is 6.57. The number of aliphatic hydroxyl groups excluding tert-OH is 2. The zero-order valence-electron chi connectivity index (χ0n) is 29.8. The second-order valence-corrected chi connectivity index (χ2v) is 16.9. The van der Waals surface area contributed by atoms with Crippen LogP contribution in [-0.2, 0) is 16.2 Å². The average molecular weight is 567 g/mol. The molecule has 2 nitrogen and oxygen atoms in total. The molecule has 0 aromatic heterocycles. The van der Waals surface area contributed by atoms with Gasteiger partial charge in [0.05, 0.1) is 0 Å². The van der Waals surface area contributed by atoms with Crippen molar-refractivity contribution in [1.82, 2.24) is 0 Å². The summed E-state index contributed by atoms with van der Waals surface area (Å²) in [6.45, 7) is 36.2. The predicted molar refractivity (Wildman–Crippen MR) is 182 cm³/mol. The third kappa shape index (κ3) is 8.26. The molecule has 0 radical (unpaired) electrons. The maximum absolute atomic E-state index is 10.2. The number of benzene rings is 2. The van der Waals surface area contributed by atoms with E-state index in [1.807, 2.05) is 0 Å². The van der Waals surface area contributed by atoms with E-state index in [0.29, 0.717) is 12.8 Å². The Morgan fingerprint density at radius 1 is 0.537 bits per heavy atom. The van der Waals surface area contributed by atoms with Crippen molar-refractivity contribution in [2.45, 2.75) is 140 Å². The van der Waals surface area contributed by atoms with Gasteiger partial charge in [-0.3, -0.25) is 0 Å². The van der Waals surface area contributed by atoms with Crippen LogP contribution in [0.5, 0.6) is 0 Å². The van der Waals surface area contributed by atoms with Crippen molar-refractivity contribution in [3.8, 4) is 11.1 Å². The Morgan fingerprint density at radius 3 is 1.02 bits per heavy atom. The summed E-state index contributed by atoms with van der Waals surface area (Å²) >= 11 is 0. The van der Waals surface area contributed by atoms with Crippen molar-refractivity contribution in [3.05, 3.63) is 58.7 Å². The minimum Gasteiger partial charge on any atom is -0.396 e. The normalized spacial score (nSPS) is 14.6. The lowest BCUT2D eigenvalue weighted by molar-refractivity contribution is 0.0263. The first-order chi connectivity index (χ1) is 18.5. The van der Waals surface area contributed by atoms with Crippen LogP contribution in [0.2, 0.25) is 0 Å². The van der Waals surface area contributed by atoms with E-state index in [-0.39, 0.29) is 40.3 Å². The van der Waals surface area contributed by atoms with Gasteiger partial charge in [-0.1, -0.05) is 147 Å². The highest BCUT2D eigenvalue weighted by Gasteiger charge is 2.60. The van der Waals surface area contributed by atoms with Crippen LogP contribution < -0.4 is 0 Å². The molecule has 1 aliphatic carbocycles. The minimum atomic E-state index is -0.349. The van der Waals surface area contributed by atoms with Gasteiger partial charge in [-0.05, 0) is 79.7 Å². The largest absolute Gasteiger partial charge is 0.396 e. The Balaban J connectivity index is 0.000000930. The predicted octanol–water partition coefficient (Wildman–Crippen LogP) is 10.7. The summed E-state index contributed by atoms with van der Waals surface area (Å²) in [5.74, 6) is 1.67. The zero-order chi connectivity index (χ0) is 32.2. The van der Waals surface area contributed by atoms with Crippen LogP contribution >= 0.6 is 0 Å². The van der Waals surface area contributed by atoms with E-state index >= 15 is 0 Å². The molecule has 2 heteroatoms. The molecule has 234 valence electrons. The summed E-state index contributed by atoms with van der Waals surface area (Å²) in [6, 6.07) is 14.1. The highest BCUT2D eigenvalue weighted by atomic mass is 16.3. The van der Waals surface area contributed by atoms with Crippen molar-refractivity contribution in [3.63, 3.8) is 0 Å². The van der Waals surface area contributed by atoms with E-state index in [4.69, 9.17) is 0 Å². The van der Waals surface area contributed by atoms with Gasteiger partial charge in [-0.25, -0.2) is 0 Å². The Kier molecular flexibility index (Phi) is 12.6. The molecule has 0 unspecified atom stereocenters. The molecular formula is C39H66O2. The van der Waals surface area contributed by atoms with Crippen LogP contribution in [0.1, 0.15) is 146 Å². The maximum Gasteiger partial charge on any atom is 0.0436 e. The second-order valence-electron chi connectivity index (χ2n) is 16.9. The SMILES string of the molecule is CC(C)(C)c1ccc2c(c1)C(C(C)(C)CCO)(C(C)(C)CCO)c1cc(C(C)(C)C)ccc1-2.CC(C)C.CC(C)C. The molecule has 0 fully saturated rings. The average Bonchev–Trinajstić information content (AvgIpc) is 3.08. The smallest absolute Gasteiger partial charge is 0.0436 e. The maximum atomic E-state index is 10.2. The van der Waals surface area contributed by atoms with Crippen molar-refractivity contribution >= 4 is 0 Å². The Labute approximate surface area is 255 Å². The molecule has 0 aliphatic heterocycles. The van der Waals surface area contributed by atoms with Crippen LogP contribution in [-0.4, -0.2) is 23.4 Å². The van der Waals surface area contributed by atoms with E-state index in [0.717, 1.165) is 11.8 Å². The molecule has 0 bridgehead atoms. The molecule has 3 rings (SSSR count). The van der Waals surface area contributed by atoms with Crippen molar-refractivity contribution in [2.75, 3.05) is 13.2 Å². The molecule has 0 saturated heterocycles. The van der Waals surface area contributed by atoms with Gasteiger partial charge in [0, 0.05) is 18.6 Å². The first-order valence-electron chi connectivity index (χ1n) is 16.0. The highest BCUT2D eigenvalue weighted by Crippen LogP contribution is 2.67. The second kappa shape index (κ2) is 13.8. The van der Waals surface area contributed by atoms with Crippen molar-refractivity contribution in [2.24, 2.45) is 22.7 Å². The summed E-state index contributed by atoms with van der Waals surface area (Å²) in [6.07, 6.45) is 1.39. The third-order valence-electron chi connectivity index (χ3n) is 8.37. The monoisotopic (exact) mass is 567 g/mol. The van der Waals surface area contributed by atoms with Crippen LogP contribution in [0.25, 0.3) is 11.1 Å². The van der Waals surface area contributed by atoms with Crippen LogP contribution in [0.15, 0.2) is 36.4 Å². The summed E-state index contributed by atoms with van der Waals surface area (Å²) in [5, 5.41) is 20.4. The lowest BCUT2D eigenvalue weighted by atomic mass is 9.47. The van der Waals surface area contributed by atoms with Crippen molar-refractivity contribution < 1.29 is 10.2 Å². The van der Waals surface area contributed by atoms with Gasteiger partial charge in [-0.2, -0.15) is 0 Å². The highest BCUT2D eigenvalue weighted by molar-refractivity contribution is 5.83. The lowest BCUT2D eigenvalue weighted by Gasteiger charge is -2.56. The first-order valence-corrected chi connectivity index (χ1v) is 16.0. The van der Waals surface area contributed by atoms with Gasteiger partial charge in [0.15, 0.2) is 0 Å². The Hall–Kier alpha value is -1.64. The summed E-state index contributed by atoms with van der Waals surface area (Å²) in [4.78, 5) is 0. The summed E-state index contributed by atoms with van der Waals surface area (Å²) in [7, 11) is 0. The van der Waals surface area contributed by atoms with Gasteiger partial charge in [0.1, 0.15) is 0 Å². The standard InChI is InChI=1S/C31H46O2.2C4H10/c1-27(2,3)21-11-13-23-24-14-12-22(28(4,5)6)20-26(24)31(25(23)19-21,29(7,8)15-17-32)30(9,10)16-18-33;2*1-4(2)3/h11-14,19-20,32-33H,15-18H2,1-10H3;2*4H,1-3H3. The van der Waals surface area contributed by atoms with Gasteiger partial charge in [-0.15, -0.1) is 0 Å². The molecule has 2 aromatic carbocycles. The van der Waals surface area contributed by atoms with Crippen molar-refractivity contribution in [1.29, 1.82) is 0 Å². The van der Waals surface area contributed by atoms with E-state index in [2.05, 4.69) is 147 Å². The molecule has 0 spiro atoms. The van der Waals surface area contributed by atoms with Gasteiger partial charge in [0.25, 0.3) is 0 Å². The fraction of sp³-hybridized carbons (Fsp3) is 0.692. The van der Waals surface area contributed by atoms with E-state index in [1.165, 1.54) is 33.4 Å². The van der Waals surface area contributed by atoms with E-state index < -0.39 is 0 Å². The number of hydrogen-bond acceptors (Lipinski definition) is 2. The summed E-state index contributed by atoms with van der Waals surface area (Å²) in [5.41, 5.74) is 7.23. The van der Waals surface area contributed by atoms with Gasteiger partial charge < -0.3 is 10.2 Å². The molecule has 1 aliphatic rings. The molecule has 2 N–H and O–H groups in total. The fourth-order valence-electron chi connectivity index (χ4n) is 6.57. The zero-order valence-corrected chi connectivity index (χ0v) is 29.8. The molecule has 2 aromatic rings. The van der Waals surface area contributed by atoms with E-state index in [9.17, 15) is 10.2 Å². The Morgan fingerprint density at radius 2 is 0.805 bits per heavy atom. The third-order valence-corrected chi connectivity index (χ3v) is 8.37. The first kappa shape index (κ1) is 37.4. The van der Waals surface area contributed by atoms with Crippen LogP contribution in [0, 0.1) is 22.7 Å². The molecule has 0 saturated carbocycles. The number of hydrogen-bond donors (Lipinski definition) is 2. The number of rotatable bonds is 6. The molecule has 0 amide bonds. The van der Waals surface area contributed by atoms with Gasteiger partial charge in [0.2, 0.25) is 0 Å². The summed E-state index contributed by atoms with van der Waals surface area (Å²) < 4.78 is 0. The molecule has 0 atom stereocenters. The quantitative estimate of drug-likeness (QED) is 0.365. The Bertz CT molecular complexity index is 1010. The molecular weight excluding hydrogens is 500 g/mol. The van der Waals surface area contributed by atoms with Crippen LogP contribution in [0.4, 0.5) is 0 Å².